The predicted octanol–water partition coefficient (Wildman–Crippen LogP) is 3.75. The zero-order chi connectivity index (χ0) is 20.6. The van der Waals surface area contributed by atoms with Crippen LogP contribution in [0.2, 0.25) is 0 Å². The Balaban J connectivity index is 1.74. The van der Waals surface area contributed by atoms with Crippen LogP contribution in [0.1, 0.15) is 38.7 Å². The second-order valence-corrected chi connectivity index (χ2v) is 8.73. The molecule has 156 valence electrons. The minimum Gasteiger partial charge on any atom is -0.371 e. The molecular formula is C21H30F3N3O. The van der Waals surface area contributed by atoms with Gasteiger partial charge >= 0.3 is 6.18 Å². The molecular weight excluding hydrogens is 367 g/mol. The summed E-state index contributed by atoms with van der Waals surface area (Å²) in [7, 11) is 1.97. The van der Waals surface area contributed by atoms with Crippen molar-refractivity contribution in [3.63, 3.8) is 0 Å². The molecule has 0 radical (unpaired) electrons. The zero-order valence-corrected chi connectivity index (χ0v) is 16.7. The molecule has 1 aliphatic heterocycles. The summed E-state index contributed by atoms with van der Waals surface area (Å²) in [6.45, 7) is 5.63. The zero-order valence-electron chi connectivity index (χ0n) is 16.7. The summed E-state index contributed by atoms with van der Waals surface area (Å²) in [4.78, 5) is 16.2. The number of hydrogen-bond acceptors (Lipinski definition) is 3. The van der Waals surface area contributed by atoms with Crippen LogP contribution in [-0.4, -0.2) is 43.0 Å². The van der Waals surface area contributed by atoms with Crippen LogP contribution in [0.3, 0.4) is 0 Å². The number of alkyl halides is 3. The van der Waals surface area contributed by atoms with Gasteiger partial charge in [0.15, 0.2) is 0 Å². The van der Waals surface area contributed by atoms with E-state index < -0.39 is 11.7 Å². The summed E-state index contributed by atoms with van der Waals surface area (Å²) in [6, 6.07) is 5.51. The van der Waals surface area contributed by atoms with Gasteiger partial charge in [0, 0.05) is 24.8 Å². The van der Waals surface area contributed by atoms with Gasteiger partial charge in [-0.05, 0) is 62.3 Å². The highest BCUT2D eigenvalue weighted by Gasteiger charge is 2.46. The molecule has 0 bridgehead atoms. The van der Waals surface area contributed by atoms with E-state index in [0.717, 1.165) is 31.9 Å². The number of anilines is 1. The summed E-state index contributed by atoms with van der Waals surface area (Å²) >= 11 is 0. The molecule has 1 amide bonds. The monoisotopic (exact) mass is 397 g/mol. The first-order valence-corrected chi connectivity index (χ1v) is 10.0. The van der Waals surface area contributed by atoms with E-state index in [0.29, 0.717) is 30.0 Å². The fourth-order valence-corrected chi connectivity index (χ4v) is 4.99. The fourth-order valence-electron chi connectivity index (χ4n) is 4.99. The van der Waals surface area contributed by atoms with Crippen molar-refractivity contribution in [2.45, 2.75) is 51.4 Å². The van der Waals surface area contributed by atoms with Crippen molar-refractivity contribution in [2.24, 2.45) is 23.5 Å². The molecule has 3 rings (SSSR count). The maximum absolute atomic E-state index is 13.1. The number of nitrogens with zero attached hydrogens (tertiary/aromatic N) is 2. The quantitative estimate of drug-likeness (QED) is 0.795. The van der Waals surface area contributed by atoms with E-state index in [1.165, 1.54) is 12.1 Å². The van der Waals surface area contributed by atoms with Gasteiger partial charge in [0.05, 0.1) is 11.6 Å². The Bertz CT molecular complexity index is 706. The van der Waals surface area contributed by atoms with E-state index in [2.05, 4.69) is 23.6 Å². The van der Waals surface area contributed by atoms with Gasteiger partial charge < -0.3 is 10.6 Å². The maximum Gasteiger partial charge on any atom is 0.416 e. The molecule has 1 aromatic carbocycles. The number of likely N-dealkylation sites (N-methyl/N-ethyl adjacent to an activating group) is 1. The van der Waals surface area contributed by atoms with Gasteiger partial charge in [-0.3, -0.25) is 9.69 Å². The van der Waals surface area contributed by atoms with Gasteiger partial charge in [-0.1, -0.05) is 19.9 Å². The molecule has 1 saturated heterocycles. The molecule has 4 atom stereocenters. The van der Waals surface area contributed by atoms with E-state index in [4.69, 9.17) is 5.73 Å². The van der Waals surface area contributed by atoms with Crippen LogP contribution in [0.5, 0.6) is 0 Å². The number of fused-ring (bicyclic) bond motifs is 1. The summed E-state index contributed by atoms with van der Waals surface area (Å²) in [5.74, 6) is 0.845. The molecule has 1 aromatic rings. The van der Waals surface area contributed by atoms with Crippen LogP contribution in [0, 0.1) is 17.8 Å². The number of benzene rings is 1. The van der Waals surface area contributed by atoms with Gasteiger partial charge in [0.1, 0.15) is 0 Å². The number of primary amides is 1. The molecule has 7 heteroatoms. The highest BCUT2D eigenvalue weighted by atomic mass is 19.4. The van der Waals surface area contributed by atoms with Crippen molar-refractivity contribution in [1.82, 2.24) is 4.90 Å². The fraction of sp³-hybridized carbons (Fsp3) is 0.667. The SMILES string of the molecule is CC(C)C[C@@H](C(N)=O)N(C)[C@H]1CC[C@@H]2CN(c3cccc(C(F)(F)F)c3)C[C@@H]21. The Morgan fingerprint density at radius 2 is 2.00 bits per heavy atom. The Morgan fingerprint density at radius 3 is 2.61 bits per heavy atom. The van der Waals surface area contributed by atoms with Crippen molar-refractivity contribution in [2.75, 3.05) is 25.0 Å². The Hall–Kier alpha value is -1.76. The molecule has 28 heavy (non-hydrogen) atoms. The third-order valence-electron chi connectivity index (χ3n) is 6.40. The van der Waals surface area contributed by atoms with Gasteiger partial charge in [-0.25, -0.2) is 0 Å². The summed E-state index contributed by atoms with van der Waals surface area (Å²) < 4.78 is 39.2. The molecule has 2 N–H and O–H groups in total. The van der Waals surface area contributed by atoms with Gasteiger partial charge in [-0.15, -0.1) is 0 Å². The molecule has 4 nitrogen and oxygen atoms in total. The lowest BCUT2D eigenvalue weighted by atomic mass is 9.94. The third kappa shape index (κ3) is 4.29. The summed E-state index contributed by atoms with van der Waals surface area (Å²) in [5.41, 5.74) is 5.68. The minimum atomic E-state index is -4.33. The molecule has 0 unspecified atom stereocenters. The van der Waals surface area contributed by atoms with Gasteiger partial charge in [-0.2, -0.15) is 13.2 Å². The minimum absolute atomic E-state index is 0.233. The first-order chi connectivity index (χ1) is 13.1. The Morgan fingerprint density at radius 1 is 1.29 bits per heavy atom. The first kappa shape index (κ1) is 21.0. The van der Waals surface area contributed by atoms with Crippen LogP contribution < -0.4 is 10.6 Å². The number of amides is 1. The summed E-state index contributed by atoms with van der Waals surface area (Å²) in [5, 5.41) is 0. The lowest BCUT2D eigenvalue weighted by Gasteiger charge is -2.35. The van der Waals surface area contributed by atoms with E-state index in [9.17, 15) is 18.0 Å². The van der Waals surface area contributed by atoms with Crippen molar-refractivity contribution >= 4 is 11.6 Å². The van der Waals surface area contributed by atoms with Gasteiger partial charge in [0.2, 0.25) is 5.91 Å². The van der Waals surface area contributed by atoms with Crippen LogP contribution in [0.25, 0.3) is 0 Å². The summed E-state index contributed by atoms with van der Waals surface area (Å²) in [6.07, 6.45) is -1.58. The van der Waals surface area contributed by atoms with Crippen LogP contribution in [0.15, 0.2) is 24.3 Å². The molecule has 0 spiro atoms. The van der Waals surface area contributed by atoms with E-state index in [-0.39, 0.29) is 18.0 Å². The van der Waals surface area contributed by atoms with E-state index in [1.807, 2.05) is 7.05 Å². The second kappa shape index (κ2) is 7.93. The third-order valence-corrected chi connectivity index (χ3v) is 6.40. The molecule has 2 fully saturated rings. The van der Waals surface area contributed by atoms with Crippen LogP contribution in [0.4, 0.5) is 18.9 Å². The topological polar surface area (TPSA) is 49.6 Å². The number of halogens is 3. The van der Waals surface area contributed by atoms with E-state index in [1.54, 1.807) is 6.07 Å². The number of carbonyl (C=O) groups is 1. The average molecular weight is 397 g/mol. The van der Waals surface area contributed by atoms with Crippen molar-refractivity contribution in [3.05, 3.63) is 29.8 Å². The Labute approximate surface area is 164 Å². The highest BCUT2D eigenvalue weighted by molar-refractivity contribution is 5.79. The first-order valence-electron chi connectivity index (χ1n) is 10.0. The largest absolute Gasteiger partial charge is 0.416 e. The molecule has 0 aromatic heterocycles. The molecule has 1 saturated carbocycles. The van der Waals surface area contributed by atoms with Crippen LogP contribution in [-0.2, 0) is 11.0 Å². The highest BCUT2D eigenvalue weighted by Crippen LogP contribution is 2.43. The number of hydrogen-bond donors (Lipinski definition) is 1. The van der Waals surface area contributed by atoms with Crippen molar-refractivity contribution in [1.29, 1.82) is 0 Å². The van der Waals surface area contributed by atoms with Crippen molar-refractivity contribution < 1.29 is 18.0 Å². The number of nitrogens with two attached hydrogens (primary N) is 1. The lowest BCUT2D eigenvalue weighted by Crippen LogP contribution is -2.50. The molecule has 1 aliphatic carbocycles. The lowest BCUT2D eigenvalue weighted by molar-refractivity contribution is -0.137. The maximum atomic E-state index is 13.1. The smallest absolute Gasteiger partial charge is 0.371 e. The Kier molecular flexibility index (Phi) is 5.94. The molecule has 1 heterocycles. The molecule has 2 aliphatic rings. The van der Waals surface area contributed by atoms with Gasteiger partial charge in [0.25, 0.3) is 0 Å². The standard InChI is InChI=1S/C21H30F3N3O/c1-13(2)9-19(20(25)28)26(3)18-8-7-14-11-27(12-17(14)18)16-6-4-5-15(10-16)21(22,23)24/h4-6,10,13-14,17-19H,7-9,11-12H2,1-3H3,(H2,25,28)/t14-,17+,18+,19+/m1/s1. The number of carbonyl (C=O) groups excluding carboxylic acids is 1. The predicted molar refractivity (Wildman–Crippen MR) is 104 cm³/mol. The average Bonchev–Trinajstić information content (AvgIpc) is 3.18. The van der Waals surface area contributed by atoms with Crippen molar-refractivity contribution in [3.8, 4) is 0 Å². The second-order valence-electron chi connectivity index (χ2n) is 8.73. The van der Waals surface area contributed by atoms with Crippen LogP contribution >= 0.6 is 0 Å². The normalized spacial score (nSPS) is 26.1. The van der Waals surface area contributed by atoms with E-state index >= 15 is 0 Å². The number of rotatable bonds is 6.